The fourth-order valence-electron chi connectivity index (χ4n) is 3.14. The molecule has 0 aliphatic rings. The number of esters is 1. The van der Waals surface area contributed by atoms with Crippen LogP contribution >= 0.6 is 0 Å². The molecule has 1 heterocycles. The normalized spacial score (nSPS) is 11.6. The molecule has 3 aromatic rings. The van der Waals surface area contributed by atoms with Gasteiger partial charge in [-0.25, -0.2) is 4.79 Å². The molecule has 0 bridgehead atoms. The Bertz CT molecular complexity index is 834. The zero-order valence-corrected chi connectivity index (χ0v) is 15.8. The molecule has 0 atom stereocenters. The van der Waals surface area contributed by atoms with Crippen molar-refractivity contribution in [2.75, 3.05) is 0 Å². The minimum atomic E-state index is -0.510. The first kappa shape index (κ1) is 18.0. The Hall–Kier alpha value is -2.81. The van der Waals surface area contributed by atoms with Crippen LogP contribution in [0.2, 0.25) is 0 Å². The molecule has 2 aromatic carbocycles. The average molecular weight is 347 g/mol. The van der Waals surface area contributed by atoms with Crippen molar-refractivity contribution in [1.82, 2.24) is 4.57 Å². The van der Waals surface area contributed by atoms with Gasteiger partial charge in [-0.1, -0.05) is 60.7 Å². The van der Waals surface area contributed by atoms with Gasteiger partial charge in [-0.05, 0) is 44.9 Å². The van der Waals surface area contributed by atoms with Gasteiger partial charge < -0.3 is 9.30 Å². The Morgan fingerprint density at radius 1 is 0.885 bits per heavy atom. The maximum atomic E-state index is 12.6. The van der Waals surface area contributed by atoms with E-state index in [0.717, 1.165) is 5.69 Å². The van der Waals surface area contributed by atoms with E-state index in [0.29, 0.717) is 5.56 Å². The number of ether oxygens (including phenoxy) is 1. The van der Waals surface area contributed by atoms with Crippen molar-refractivity contribution in [1.29, 1.82) is 0 Å². The maximum absolute atomic E-state index is 12.6. The predicted octanol–water partition coefficient (Wildman–Crippen LogP) is 5.39. The molecule has 0 N–H and O–H groups in total. The number of benzene rings is 2. The maximum Gasteiger partial charge on any atom is 0.340 e. The van der Waals surface area contributed by atoms with Gasteiger partial charge in [0.1, 0.15) is 5.60 Å². The lowest BCUT2D eigenvalue weighted by Crippen LogP contribution is -2.24. The summed E-state index contributed by atoms with van der Waals surface area (Å²) in [4.78, 5) is 12.6. The summed E-state index contributed by atoms with van der Waals surface area (Å²) in [5.41, 5.74) is 3.35. The fourth-order valence-corrected chi connectivity index (χ4v) is 3.14. The smallest absolute Gasteiger partial charge is 0.340 e. The third-order valence-electron chi connectivity index (χ3n) is 4.31. The minimum Gasteiger partial charge on any atom is -0.456 e. The Balaban J connectivity index is 2.05. The molecule has 0 aliphatic heterocycles. The van der Waals surface area contributed by atoms with Gasteiger partial charge in [0.05, 0.1) is 11.6 Å². The van der Waals surface area contributed by atoms with E-state index in [2.05, 4.69) is 28.8 Å². The highest BCUT2D eigenvalue weighted by Crippen LogP contribution is 2.30. The van der Waals surface area contributed by atoms with Crippen LogP contribution < -0.4 is 0 Å². The van der Waals surface area contributed by atoms with Crippen LogP contribution in [0.3, 0.4) is 0 Å². The van der Waals surface area contributed by atoms with Gasteiger partial charge in [0, 0.05) is 11.9 Å². The highest BCUT2D eigenvalue weighted by molar-refractivity contribution is 5.91. The summed E-state index contributed by atoms with van der Waals surface area (Å²) < 4.78 is 7.70. The molecule has 0 amide bonds. The zero-order valence-electron chi connectivity index (χ0n) is 15.8. The molecule has 0 fully saturated rings. The van der Waals surface area contributed by atoms with Crippen LogP contribution in [0, 0.1) is 6.92 Å². The number of aromatic nitrogens is 1. The molecule has 0 unspecified atom stereocenters. The zero-order chi connectivity index (χ0) is 18.7. The van der Waals surface area contributed by atoms with Gasteiger partial charge in [0.15, 0.2) is 0 Å². The number of hydrogen-bond acceptors (Lipinski definition) is 2. The van der Waals surface area contributed by atoms with Crippen LogP contribution in [0.5, 0.6) is 0 Å². The van der Waals surface area contributed by atoms with Crippen molar-refractivity contribution < 1.29 is 9.53 Å². The van der Waals surface area contributed by atoms with E-state index in [1.807, 2.05) is 76.4 Å². The number of carbonyl (C=O) groups excluding carboxylic acids is 1. The molecular weight excluding hydrogens is 322 g/mol. The number of hydrogen-bond donors (Lipinski definition) is 0. The van der Waals surface area contributed by atoms with Crippen molar-refractivity contribution in [2.45, 2.75) is 39.3 Å². The highest BCUT2D eigenvalue weighted by atomic mass is 16.6. The molecule has 3 nitrogen and oxygen atoms in total. The van der Waals surface area contributed by atoms with E-state index < -0.39 is 5.60 Å². The quantitative estimate of drug-likeness (QED) is 0.593. The Morgan fingerprint density at radius 2 is 1.38 bits per heavy atom. The molecular formula is C23H25NO2. The SMILES string of the molecule is Cc1c(C(=O)OC(C)(C)C)ccn1C(c1ccccc1)c1ccccc1. The van der Waals surface area contributed by atoms with Gasteiger partial charge in [-0.15, -0.1) is 0 Å². The van der Waals surface area contributed by atoms with Crippen LogP contribution in [0.25, 0.3) is 0 Å². The summed E-state index contributed by atoms with van der Waals surface area (Å²) in [6, 6.07) is 22.5. The van der Waals surface area contributed by atoms with E-state index in [-0.39, 0.29) is 12.0 Å². The Labute approximate surface area is 155 Å². The topological polar surface area (TPSA) is 31.2 Å². The molecule has 26 heavy (non-hydrogen) atoms. The van der Waals surface area contributed by atoms with Gasteiger partial charge in [0.25, 0.3) is 0 Å². The average Bonchev–Trinajstić information content (AvgIpc) is 2.97. The van der Waals surface area contributed by atoms with Crippen molar-refractivity contribution in [3.8, 4) is 0 Å². The molecule has 0 spiro atoms. The molecule has 3 rings (SSSR count). The van der Waals surface area contributed by atoms with Crippen molar-refractivity contribution in [2.24, 2.45) is 0 Å². The monoisotopic (exact) mass is 347 g/mol. The second-order valence-corrected chi connectivity index (χ2v) is 7.45. The summed E-state index contributed by atoms with van der Waals surface area (Å²) in [7, 11) is 0. The summed E-state index contributed by atoms with van der Waals surface area (Å²) in [6.45, 7) is 7.62. The number of rotatable bonds is 4. The minimum absolute atomic E-state index is 0.00795. The molecule has 3 heteroatoms. The van der Waals surface area contributed by atoms with Gasteiger partial charge in [0.2, 0.25) is 0 Å². The molecule has 1 aromatic heterocycles. The third kappa shape index (κ3) is 3.88. The van der Waals surface area contributed by atoms with Crippen LogP contribution in [-0.2, 0) is 4.74 Å². The summed E-state index contributed by atoms with van der Waals surface area (Å²) in [5, 5.41) is 0. The fraction of sp³-hybridized carbons (Fsp3) is 0.261. The predicted molar refractivity (Wildman–Crippen MR) is 104 cm³/mol. The van der Waals surface area contributed by atoms with Crippen LogP contribution in [0.4, 0.5) is 0 Å². The lowest BCUT2D eigenvalue weighted by atomic mass is 9.98. The molecule has 0 saturated heterocycles. The van der Waals surface area contributed by atoms with E-state index in [1.54, 1.807) is 0 Å². The summed E-state index contributed by atoms with van der Waals surface area (Å²) in [6.07, 6.45) is 1.97. The molecule has 0 saturated carbocycles. The largest absolute Gasteiger partial charge is 0.456 e. The van der Waals surface area contributed by atoms with Crippen molar-refractivity contribution in [3.05, 3.63) is 95.3 Å². The molecule has 0 aliphatic carbocycles. The van der Waals surface area contributed by atoms with E-state index in [1.165, 1.54) is 11.1 Å². The lowest BCUT2D eigenvalue weighted by molar-refractivity contribution is 0.00686. The number of carbonyl (C=O) groups is 1. The second-order valence-electron chi connectivity index (χ2n) is 7.45. The highest BCUT2D eigenvalue weighted by Gasteiger charge is 2.24. The standard InChI is InChI=1S/C23H25NO2/c1-17-20(22(25)26-23(2,3)4)15-16-24(17)21(18-11-7-5-8-12-18)19-13-9-6-10-14-19/h5-16,21H,1-4H3. The lowest BCUT2D eigenvalue weighted by Gasteiger charge is -2.23. The summed E-state index contributed by atoms with van der Waals surface area (Å²) >= 11 is 0. The first-order chi connectivity index (χ1) is 12.4. The Kier molecular flexibility index (Phi) is 4.99. The van der Waals surface area contributed by atoms with Crippen LogP contribution in [0.1, 0.15) is 54.0 Å². The van der Waals surface area contributed by atoms with E-state index in [4.69, 9.17) is 4.74 Å². The summed E-state index contributed by atoms with van der Waals surface area (Å²) in [5.74, 6) is -0.284. The van der Waals surface area contributed by atoms with Gasteiger partial charge in [-0.3, -0.25) is 0 Å². The first-order valence-electron chi connectivity index (χ1n) is 8.87. The van der Waals surface area contributed by atoms with Gasteiger partial charge >= 0.3 is 5.97 Å². The van der Waals surface area contributed by atoms with E-state index in [9.17, 15) is 4.79 Å². The molecule has 134 valence electrons. The van der Waals surface area contributed by atoms with E-state index >= 15 is 0 Å². The Morgan fingerprint density at radius 3 is 1.85 bits per heavy atom. The van der Waals surface area contributed by atoms with Crippen LogP contribution in [0.15, 0.2) is 72.9 Å². The third-order valence-corrected chi connectivity index (χ3v) is 4.31. The molecule has 0 radical (unpaired) electrons. The second kappa shape index (κ2) is 7.20. The van der Waals surface area contributed by atoms with Crippen LogP contribution in [-0.4, -0.2) is 16.1 Å². The van der Waals surface area contributed by atoms with Crippen molar-refractivity contribution in [3.63, 3.8) is 0 Å². The number of nitrogens with zero attached hydrogens (tertiary/aromatic N) is 1. The van der Waals surface area contributed by atoms with Crippen molar-refractivity contribution >= 4 is 5.97 Å². The van der Waals surface area contributed by atoms with Gasteiger partial charge in [-0.2, -0.15) is 0 Å². The first-order valence-corrected chi connectivity index (χ1v) is 8.87.